The molecule has 1 aromatic rings. The van der Waals surface area contributed by atoms with Crippen LogP contribution in [0.1, 0.15) is 30.7 Å². The van der Waals surface area contributed by atoms with Gasteiger partial charge in [0.05, 0.1) is 11.7 Å². The Morgan fingerprint density at radius 2 is 1.94 bits per heavy atom. The van der Waals surface area contributed by atoms with E-state index >= 15 is 0 Å². The summed E-state index contributed by atoms with van der Waals surface area (Å²) >= 11 is 0. The van der Waals surface area contributed by atoms with E-state index in [4.69, 9.17) is 4.74 Å². The van der Waals surface area contributed by atoms with E-state index in [1.807, 2.05) is 6.92 Å². The minimum Gasteiger partial charge on any atom is -0.355 e. The van der Waals surface area contributed by atoms with Gasteiger partial charge < -0.3 is 4.74 Å². The molecule has 1 aromatic carbocycles. The maximum Gasteiger partial charge on any atom is 0.416 e. The smallest absolute Gasteiger partial charge is 0.355 e. The number of rotatable bonds is 2. The second-order valence-electron chi connectivity index (χ2n) is 4.07. The monoisotopic (exact) mass is 245 g/mol. The van der Waals surface area contributed by atoms with Gasteiger partial charge in [0.1, 0.15) is 6.23 Å². The van der Waals surface area contributed by atoms with Crippen LogP contribution >= 0.6 is 0 Å². The Kier molecular flexibility index (Phi) is 3.40. The van der Waals surface area contributed by atoms with E-state index in [1.54, 1.807) is 0 Å². The lowest BCUT2D eigenvalue weighted by Crippen LogP contribution is -2.15. The van der Waals surface area contributed by atoms with Crippen molar-refractivity contribution in [1.29, 1.82) is 0 Å². The van der Waals surface area contributed by atoms with Gasteiger partial charge in [0.15, 0.2) is 0 Å². The van der Waals surface area contributed by atoms with Crippen molar-refractivity contribution in [3.8, 4) is 0 Å². The molecule has 1 saturated heterocycles. The molecule has 1 aliphatic rings. The van der Waals surface area contributed by atoms with E-state index in [-0.39, 0.29) is 12.3 Å². The highest BCUT2D eigenvalue weighted by Crippen LogP contribution is 2.31. The zero-order chi connectivity index (χ0) is 12.5. The normalized spacial score (nSPS) is 25.2. The van der Waals surface area contributed by atoms with Crippen LogP contribution in [-0.4, -0.2) is 12.6 Å². The number of hydrogen-bond donors (Lipinski definition) is 1. The van der Waals surface area contributed by atoms with Gasteiger partial charge in [-0.1, -0.05) is 19.1 Å². The standard InChI is InChI=1S/C12H14F3NO/c1-2-10-7-16-11(17-10)8-3-5-9(6-4-8)12(13,14)15/h3-6,10-11,16H,2,7H2,1H3. The van der Waals surface area contributed by atoms with Crippen LogP contribution in [0.15, 0.2) is 24.3 Å². The fourth-order valence-corrected chi connectivity index (χ4v) is 1.81. The summed E-state index contributed by atoms with van der Waals surface area (Å²) in [6.45, 7) is 2.75. The Labute approximate surface area is 97.8 Å². The van der Waals surface area contributed by atoms with Crippen LogP contribution < -0.4 is 5.32 Å². The van der Waals surface area contributed by atoms with Crippen molar-refractivity contribution in [1.82, 2.24) is 5.32 Å². The average molecular weight is 245 g/mol. The molecule has 1 aliphatic heterocycles. The van der Waals surface area contributed by atoms with Gasteiger partial charge in [-0.2, -0.15) is 13.2 Å². The zero-order valence-corrected chi connectivity index (χ0v) is 9.42. The summed E-state index contributed by atoms with van der Waals surface area (Å²) in [4.78, 5) is 0. The Hall–Kier alpha value is -1.07. The quantitative estimate of drug-likeness (QED) is 0.864. The third-order valence-corrected chi connectivity index (χ3v) is 2.86. The van der Waals surface area contributed by atoms with E-state index < -0.39 is 11.7 Å². The van der Waals surface area contributed by atoms with Gasteiger partial charge in [0.2, 0.25) is 0 Å². The molecule has 1 fully saturated rings. The molecule has 0 aliphatic carbocycles. The molecule has 94 valence electrons. The van der Waals surface area contributed by atoms with Crippen LogP contribution in [0, 0.1) is 0 Å². The number of halogens is 3. The van der Waals surface area contributed by atoms with Gasteiger partial charge in [0, 0.05) is 6.54 Å². The molecular weight excluding hydrogens is 231 g/mol. The minimum atomic E-state index is -4.28. The summed E-state index contributed by atoms with van der Waals surface area (Å²) in [5, 5.41) is 3.13. The first-order valence-corrected chi connectivity index (χ1v) is 5.56. The highest BCUT2D eigenvalue weighted by Gasteiger charge is 2.31. The van der Waals surface area contributed by atoms with Crippen molar-refractivity contribution >= 4 is 0 Å². The fourth-order valence-electron chi connectivity index (χ4n) is 1.81. The van der Waals surface area contributed by atoms with Crippen LogP contribution in [-0.2, 0) is 10.9 Å². The van der Waals surface area contributed by atoms with Crippen molar-refractivity contribution in [3.05, 3.63) is 35.4 Å². The van der Waals surface area contributed by atoms with Gasteiger partial charge in [-0.25, -0.2) is 0 Å². The number of ether oxygens (including phenoxy) is 1. The number of nitrogens with one attached hydrogen (secondary N) is 1. The van der Waals surface area contributed by atoms with Crippen LogP contribution in [0.5, 0.6) is 0 Å². The molecule has 0 aromatic heterocycles. The van der Waals surface area contributed by atoms with Crippen LogP contribution in [0.2, 0.25) is 0 Å². The molecule has 1 N–H and O–H groups in total. The predicted octanol–water partition coefficient (Wildman–Crippen LogP) is 3.10. The summed E-state index contributed by atoms with van der Waals surface area (Å²) in [6, 6.07) is 5.08. The summed E-state index contributed by atoms with van der Waals surface area (Å²) in [6.07, 6.45) is -3.54. The Morgan fingerprint density at radius 1 is 1.29 bits per heavy atom. The summed E-state index contributed by atoms with van der Waals surface area (Å²) in [5.74, 6) is 0. The SMILES string of the molecule is CCC1CNC(c2ccc(C(F)(F)F)cc2)O1. The second-order valence-corrected chi connectivity index (χ2v) is 4.07. The van der Waals surface area contributed by atoms with Crippen molar-refractivity contribution in [2.45, 2.75) is 31.9 Å². The summed E-state index contributed by atoms with van der Waals surface area (Å²) in [7, 11) is 0. The Balaban J connectivity index is 2.09. The maximum atomic E-state index is 12.4. The minimum absolute atomic E-state index is 0.141. The molecular formula is C12H14F3NO. The van der Waals surface area contributed by atoms with E-state index in [0.29, 0.717) is 0 Å². The molecule has 2 rings (SSSR count). The van der Waals surface area contributed by atoms with E-state index in [9.17, 15) is 13.2 Å². The lowest BCUT2D eigenvalue weighted by molar-refractivity contribution is -0.137. The van der Waals surface area contributed by atoms with Crippen molar-refractivity contribution in [2.75, 3.05) is 6.54 Å². The number of benzene rings is 1. The third kappa shape index (κ3) is 2.79. The first-order valence-electron chi connectivity index (χ1n) is 5.56. The topological polar surface area (TPSA) is 21.3 Å². The number of hydrogen-bond acceptors (Lipinski definition) is 2. The van der Waals surface area contributed by atoms with Crippen LogP contribution in [0.4, 0.5) is 13.2 Å². The molecule has 0 bridgehead atoms. The molecule has 17 heavy (non-hydrogen) atoms. The van der Waals surface area contributed by atoms with Crippen molar-refractivity contribution < 1.29 is 17.9 Å². The third-order valence-electron chi connectivity index (χ3n) is 2.86. The summed E-state index contributed by atoms with van der Waals surface area (Å²) in [5.41, 5.74) is 0.0974. The second kappa shape index (κ2) is 4.66. The molecule has 1 heterocycles. The Morgan fingerprint density at radius 3 is 2.41 bits per heavy atom. The molecule has 0 spiro atoms. The van der Waals surface area contributed by atoms with Crippen LogP contribution in [0.25, 0.3) is 0 Å². The van der Waals surface area contributed by atoms with Gasteiger partial charge in [-0.15, -0.1) is 0 Å². The van der Waals surface area contributed by atoms with Gasteiger partial charge in [-0.3, -0.25) is 5.32 Å². The highest BCUT2D eigenvalue weighted by molar-refractivity contribution is 5.26. The molecule has 0 amide bonds. The van der Waals surface area contributed by atoms with Gasteiger partial charge >= 0.3 is 6.18 Å². The average Bonchev–Trinajstić information content (AvgIpc) is 2.76. The molecule has 2 nitrogen and oxygen atoms in total. The predicted molar refractivity (Wildman–Crippen MR) is 57.4 cm³/mol. The Bertz CT molecular complexity index is 374. The van der Waals surface area contributed by atoms with E-state index in [1.165, 1.54) is 12.1 Å². The largest absolute Gasteiger partial charge is 0.416 e. The first kappa shape index (κ1) is 12.4. The first-order chi connectivity index (χ1) is 8.00. The van der Waals surface area contributed by atoms with Crippen molar-refractivity contribution in [3.63, 3.8) is 0 Å². The van der Waals surface area contributed by atoms with Gasteiger partial charge in [-0.05, 0) is 24.1 Å². The zero-order valence-electron chi connectivity index (χ0n) is 9.42. The van der Waals surface area contributed by atoms with Crippen LogP contribution in [0.3, 0.4) is 0 Å². The van der Waals surface area contributed by atoms with E-state index in [0.717, 1.165) is 30.7 Å². The van der Waals surface area contributed by atoms with E-state index in [2.05, 4.69) is 5.32 Å². The lowest BCUT2D eigenvalue weighted by atomic mass is 10.1. The maximum absolute atomic E-state index is 12.4. The molecule has 0 radical (unpaired) electrons. The highest BCUT2D eigenvalue weighted by atomic mass is 19.4. The van der Waals surface area contributed by atoms with Crippen molar-refractivity contribution in [2.24, 2.45) is 0 Å². The lowest BCUT2D eigenvalue weighted by Gasteiger charge is -2.13. The summed E-state index contributed by atoms with van der Waals surface area (Å²) < 4.78 is 42.7. The molecule has 0 saturated carbocycles. The fraction of sp³-hybridized carbons (Fsp3) is 0.500. The number of alkyl halides is 3. The molecule has 2 unspecified atom stereocenters. The molecule has 5 heteroatoms. The van der Waals surface area contributed by atoms with Gasteiger partial charge in [0.25, 0.3) is 0 Å². The molecule has 2 atom stereocenters.